The molecule has 0 radical (unpaired) electrons. The van der Waals surface area contributed by atoms with Gasteiger partial charge in [0.15, 0.2) is 0 Å². The first-order valence-corrected chi connectivity index (χ1v) is 17.6. The van der Waals surface area contributed by atoms with Gasteiger partial charge >= 0.3 is 13.8 Å². The molecule has 0 heterocycles. The van der Waals surface area contributed by atoms with Crippen molar-refractivity contribution in [2.75, 3.05) is 24.7 Å². The first-order valence-electron chi connectivity index (χ1n) is 14.9. The van der Waals surface area contributed by atoms with Crippen LogP contribution in [0.4, 0.5) is 0 Å². The molecule has 0 saturated heterocycles. The summed E-state index contributed by atoms with van der Waals surface area (Å²) in [7, 11) is -4.60. The third kappa shape index (κ3) is 29.9. The minimum absolute atomic E-state index is 0.285. The van der Waals surface area contributed by atoms with Crippen LogP contribution in [0.5, 0.6) is 0 Å². The Morgan fingerprint density at radius 2 is 1.29 bits per heavy atom. The normalized spacial score (nSPS) is 12.4. The number of carbonyl (C=O) groups excluding carboxylic acids is 2. The molecule has 0 aromatic carbocycles. The molecule has 2 N–H and O–H groups in total. The quantitative estimate of drug-likeness (QED) is 0.0379. The molecule has 226 valence electrons. The number of unbranched alkanes of at least 4 members (excludes halogenated alkanes) is 17. The molecule has 0 aromatic heterocycles. The Kier molecular flexibility index (Phi) is 27.5. The van der Waals surface area contributed by atoms with Gasteiger partial charge in [0, 0.05) is 12.2 Å². The number of hydrogen-bond acceptors (Lipinski definition) is 7. The highest BCUT2D eigenvalue weighted by Crippen LogP contribution is 2.36. The maximum atomic E-state index is 12.2. The van der Waals surface area contributed by atoms with Crippen molar-refractivity contribution >= 4 is 32.0 Å². The lowest BCUT2D eigenvalue weighted by Gasteiger charge is -2.18. The van der Waals surface area contributed by atoms with Gasteiger partial charge in [0.05, 0.1) is 13.2 Å². The standard InChI is InChI=1S/C28H55O8PS/c1-2-3-4-5-6-12-15-18-21-28(30)36-27(24-35-37(31,32)33)25-38-23-20-17-14-11-9-7-8-10-13-16-19-22-34-26-29/h26-27H,2-25H2,1H3,(H2,31,32,33)/t27-/m1/s1. The summed E-state index contributed by atoms with van der Waals surface area (Å²) >= 11 is 1.64. The first kappa shape index (κ1) is 37.4. The Hall–Kier alpha value is -0.600. The summed E-state index contributed by atoms with van der Waals surface area (Å²) in [6.45, 7) is 2.97. The van der Waals surface area contributed by atoms with E-state index in [-0.39, 0.29) is 12.6 Å². The lowest BCUT2D eigenvalue weighted by atomic mass is 10.1. The molecule has 0 aliphatic heterocycles. The molecule has 8 nitrogen and oxygen atoms in total. The van der Waals surface area contributed by atoms with Crippen LogP contribution in [-0.2, 0) is 28.2 Å². The second kappa shape index (κ2) is 27.9. The van der Waals surface area contributed by atoms with Gasteiger partial charge in [0.25, 0.3) is 6.47 Å². The highest BCUT2D eigenvalue weighted by atomic mass is 32.2. The van der Waals surface area contributed by atoms with E-state index in [1.165, 1.54) is 77.0 Å². The van der Waals surface area contributed by atoms with Crippen molar-refractivity contribution in [1.29, 1.82) is 0 Å². The Labute approximate surface area is 236 Å². The Morgan fingerprint density at radius 1 is 0.789 bits per heavy atom. The van der Waals surface area contributed by atoms with Gasteiger partial charge in [-0.3, -0.25) is 14.1 Å². The van der Waals surface area contributed by atoms with Crippen LogP contribution in [0.2, 0.25) is 0 Å². The average molecular weight is 583 g/mol. The molecular weight excluding hydrogens is 527 g/mol. The fraction of sp³-hybridized carbons (Fsp3) is 0.929. The summed E-state index contributed by atoms with van der Waals surface area (Å²) in [6.07, 6.45) is 21.8. The van der Waals surface area contributed by atoms with Crippen LogP contribution < -0.4 is 0 Å². The molecule has 0 rings (SSSR count). The van der Waals surface area contributed by atoms with Gasteiger partial charge in [-0.15, -0.1) is 0 Å². The van der Waals surface area contributed by atoms with E-state index in [9.17, 15) is 14.2 Å². The summed E-state index contributed by atoms with van der Waals surface area (Å²) in [5.74, 6) is 1.09. The number of hydrogen-bond donors (Lipinski definition) is 2. The van der Waals surface area contributed by atoms with Gasteiger partial charge in [-0.2, -0.15) is 11.8 Å². The summed E-state index contributed by atoms with van der Waals surface area (Å²) < 4.78 is 25.9. The van der Waals surface area contributed by atoms with E-state index < -0.39 is 13.9 Å². The van der Waals surface area contributed by atoms with E-state index in [0.717, 1.165) is 50.7 Å². The van der Waals surface area contributed by atoms with Crippen LogP contribution in [0.3, 0.4) is 0 Å². The zero-order chi connectivity index (χ0) is 28.2. The lowest BCUT2D eigenvalue weighted by molar-refractivity contribution is -0.149. The van der Waals surface area contributed by atoms with Gasteiger partial charge < -0.3 is 19.3 Å². The maximum Gasteiger partial charge on any atom is 0.469 e. The highest BCUT2D eigenvalue weighted by Gasteiger charge is 2.21. The molecule has 0 aliphatic carbocycles. The third-order valence-electron chi connectivity index (χ3n) is 6.38. The van der Waals surface area contributed by atoms with Crippen molar-refractivity contribution in [3.63, 3.8) is 0 Å². The molecule has 0 unspecified atom stereocenters. The Morgan fingerprint density at radius 3 is 1.82 bits per heavy atom. The first-order chi connectivity index (χ1) is 18.4. The van der Waals surface area contributed by atoms with Crippen molar-refractivity contribution in [1.82, 2.24) is 0 Å². The van der Waals surface area contributed by atoms with Gasteiger partial charge in [-0.1, -0.05) is 110 Å². The molecule has 0 amide bonds. The number of thioether (sulfide) groups is 1. The van der Waals surface area contributed by atoms with Crippen LogP contribution in [0.25, 0.3) is 0 Å². The SMILES string of the molecule is CCCCCCCCCCC(=O)O[C@H](COP(=O)(O)O)CSCCCCCCCCCCCCCOC=O. The zero-order valence-corrected chi connectivity index (χ0v) is 25.5. The summed E-state index contributed by atoms with van der Waals surface area (Å²) in [5, 5.41) is 0. The topological polar surface area (TPSA) is 119 Å². The number of carbonyl (C=O) groups is 2. The Bertz CT molecular complexity index is 587. The minimum atomic E-state index is -4.60. The van der Waals surface area contributed by atoms with Crippen molar-refractivity contribution in [3.8, 4) is 0 Å². The molecule has 38 heavy (non-hydrogen) atoms. The Balaban J connectivity index is 3.82. The van der Waals surface area contributed by atoms with E-state index >= 15 is 0 Å². The average Bonchev–Trinajstić information content (AvgIpc) is 2.88. The lowest BCUT2D eigenvalue weighted by Crippen LogP contribution is -2.25. The molecular formula is C28H55O8PS. The van der Waals surface area contributed by atoms with Crippen LogP contribution in [0, 0.1) is 0 Å². The largest absolute Gasteiger partial charge is 0.469 e. The van der Waals surface area contributed by atoms with Gasteiger partial charge in [-0.05, 0) is 25.0 Å². The van der Waals surface area contributed by atoms with Crippen LogP contribution >= 0.6 is 19.6 Å². The predicted molar refractivity (Wildman–Crippen MR) is 155 cm³/mol. The molecule has 0 spiro atoms. The van der Waals surface area contributed by atoms with Crippen molar-refractivity contribution < 1.29 is 37.9 Å². The number of esters is 1. The third-order valence-corrected chi connectivity index (χ3v) is 8.05. The summed E-state index contributed by atoms with van der Waals surface area (Å²) in [6, 6.07) is 0. The zero-order valence-electron chi connectivity index (χ0n) is 23.8. The van der Waals surface area contributed by atoms with Gasteiger partial charge in [0.2, 0.25) is 0 Å². The number of phosphoric ester groups is 1. The second-order valence-corrected chi connectivity index (χ2v) is 12.4. The van der Waals surface area contributed by atoms with Crippen molar-refractivity contribution in [2.45, 2.75) is 141 Å². The second-order valence-electron chi connectivity index (χ2n) is 10.1. The molecule has 0 aliphatic rings. The summed E-state index contributed by atoms with van der Waals surface area (Å²) in [4.78, 5) is 40.3. The molecule has 0 saturated carbocycles. The fourth-order valence-electron chi connectivity index (χ4n) is 4.19. The molecule has 1 atom stereocenters. The van der Waals surface area contributed by atoms with E-state index in [1.54, 1.807) is 11.8 Å². The van der Waals surface area contributed by atoms with Crippen molar-refractivity contribution in [2.24, 2.45) is 0 Å². The number of rotatable bonds is 30. The van der Waals surface area contributed by atoms with E-state index in [4.69, 9.17) is 14.5 Å². The summed E-state index contributed by atoms with van der Waals surface area (Å²) in [5.41, 5.74) is 0. The molecule has 10 heteroatoms. The van der Waals surface area contributed by atoms with Crippen molar-refractivity contribution in [3.05, 3.63) is 0 Å². The van der Waals surface area contributed by atoms with Crippen LogP contribution in [-0.4, -0.2) is 53.1 Å². The monoisotopic (exact) mass is 582 g/mol. The van der Waals surface area contributed by atoms with Gasteiger partial charge in [0.1, 0.15) is 6.10 Å². The number of ether oxygens (including phenoxy) is 2. The van der Waals surface area contributed by atoms with Crippen LogP contribution in [0.1, 0.15) is 135 Å². The van der Waals surface area contributed by atoms with Gasteiger partial charge in [-0.25, -0.2) is 4.57 Å². The van der Waals surface area contributed by atoms with E-state index in [1.807, 2.05) is 0 Å². The van der Waals surface area contributed by atoms with E-state index in [0.29, 0.717) is 25.3 Å². The van der Waals surface area contributed by atoms with E-state index in [2.05, 4.69) is 16.2 Å². The van der Waals surface area contributed by atoms with Crippen LogP contribution in [0.15, 0.2) is 0 Å². The predicted octanol–water partition coefficient (Wildman–Crippen LogP) is 7.74. The highest BCUT2D eigenvalue weighted by molar-refractivity contribution is 7.99. The maximum absolute atomic E-state index is 12.2. The fourth-order valence-corrected chi connectivity index (χ4v) is 5.55. The molecule has 0 bridgehead atoms. The molecule has 0 fully saturated rings. The molecule has 0 aromatic rings. The number of phosphoric acid groups is 1. The minimum Gasteiger partial charge on any atom is -0.468 e. The smallest absolute Gasteiger partial charge is 0.468 e.